The van der Waals surface area contributed by atoms with Gasteiger partial charge in [0.25, 0.3) is 5.82 Å². The molecule has 4 nitrogen and oxygen atoms in total. The molecule has 0 aliphatic heterocycles. The molecule has 0 radical (unpaired) electrons. The lowest BCUT2D eigenvalue weighted by atomic mass is 10.2. The first-order valence-corrected chi connectivity index (χ1v) is 6.32. The van der Waals surface area contributed by atoms with Crippen molar-refractivity contribution in [2.24, 2.45) is 0 Å². The molecular formula is C11H11F3N4S. The molecule has 0 amide bonds. The second kappa shape index (κ2) is 5.12. The fourth-order valence-corrected chi connectivity index (χ4v) is 2.21. The Morgan fingerprint density at radius 1 is 1.21 bits per heavy atom. The highest BCUT2D eigenvalue weighted by Crippen LogP contribution is 2.29. The summed E-state index contributed by atoms with van der Waals surface area (Å²) in [5.74, 6) is 4.61. The summed E-state index contributed by atoms with van der Waals surface area (Å²) < 4.78 is 37.8. The molecule has 2 rings (SSSR count). The molecule has 0 unspecified atom stereocenters. The van der Waals surface area contributed by atoms with E-state index in [9.17, 15) is 13.2 Å². The van der Waals surface area contributed by atoms with Crippen molar-refractivity contribution < 1.29 is 13.2 Å². The van der Waals surface area contributed by atoms with Crippen molar-refractivity contribution in [2.75, 3.05) is 5.84 Å². The van der Waals surface area contributed by atoms with Gasteiger partial charge in [-0.3, -0.25) is 0 Å². The Hall–Kier alpha value is -1.70. The van der Waals surface area contributed by atoms with E-state index >= 15 is 0 Å². The molecule has 0 aliphatic carbocycles. The van der Waals surface area contributed by atoms with Gasteiger partial charge in [0.1, 0.15) is 0 Å². The van der Waals surface area contributed by atoms with Gasteiger partial charge in [0, 0.05) is 5.75 Å². The zero-order valence-electron chi connectivity index (χ0n) is 9.98. The third kappa shape index (κ3) is 3.19. The summed E-state index contributed by atoms with van der Waals surface area (Å²) in [5.41, 5.74) is 2.10. The Balaban J connectivity index is 2.08. The molecule has 0 saturated carbocycles. The zero-order chi connectivity index (χ0) is 14.0. The molecule has 0 saturated heterocycles. The lowest BCUT2D eigenvalue weighted by Crippen LogP contribution is -2.21. The van der Waals surface area contributed by atoms with E-state index in [-0.39, 0.29) is 5.16 Å². The van der Waals surface area contributed by atoms with E-state index in [1.54, 1.807) is 0 Å². The summed E-state index contributed by atoms with van der Waals surface area (Å²) in [5, 5.41) is 6.54. The minimum absolute atomic E-state index is 0.0351. The number of nitrogens with two attached hydrogens (primary N) is 1. The third-order valence-corrected chi connectivity index (χ3v) is 3.42. The summed E-state index contributed by atoms with van der Waals surface area (Å²) in [6.07, 6.45) is -4.59. The van der Waals surface area contributed by atoms with E-state index < -0.39 is 12.0 Å². The average molecular weight is 288 g/mol. The number of hydrogen-bond donors (Lipinski definition) is 1. The standard InChI is InChI=1S/C11H11F3N4S/c1-7-2-4-8(5-3-7)6-19-10-17-16-9(18(10)15)11(12,13)14/h2-5H,6,15H2,1H3. The van der Waals surface area contributed by atoms with Crippen molar-refractivity contribution in [3.05, 3.63) is 41.2 Å². The Morgan fingerprint density at radius 3 is 2.37 bits per heavy atom. The van der Waals surface area contributed by atoms with Crippen LogP contribution in [-0.2, 0) is 11.9 Å². The number of aryl methyl sites for hydroxylation is 1. The number of thioether (sulfide) groups is 1. The van der Waals surface area contributed by atoms with Crippen LogP contribution < -0.4 is 5.84 Å². The Kier molecular flexibility index (Phi) is 3.70. The third-order valence-electron chi connectivity index (χ3n) is 2.41. The minimum atomic E-state index is -4.59. The fourth-order valence-electron chi connectivity index (χ4n) is 1.40. The number of benzene rings is 1. The lowest BCUT2D eigenvalue weighted by Gasteiger charge is -2.06. The van der Waals surface area contributed by atoms with Gasteiger partial charge in [0.05, 0.1) is 0 Å². The number of aromatic nitrogens is 3. The second-order valence-electron chi connectivity index (χ2n) is 3.95. The Labute approximate surface area is 111 Å². The first-order valence-electron chi connectivity index (χ1n) is 5.34. The minimum Gasteiger partial charge on any atom is -0.335 e. The van der Waals surface area contributed by atoms with Crippen molar-refractivity contribution in [3.63, 3.8) is 0 Å². The summed E-state index contributed by atoms with van der Waals surface area (Å²) in [7, 11) is 0. The fraction of sp³-hybridized carbons (Fsp3) is 0.273. The molecule has 1 aromatic heterocycles. The van der Waals surface area contributed by atoms with Crippen LogP contribution in [0.5, 0.6) is 0 Å². The molecule has 1 aromatic carbocycles. The van der Waals surface area contributed by atoms with Crippen LogP contribution in [0.3, 0.4) is 0 Å². The van der Waals surface area contributed by atoms with Gasteiger partial charge in [-0.05, 0) is 12.5 Å². The average Bonchev–Trinajstić information content (AvgIpc) is 2.70. The maximum atomic E-state index is 12.5. The van der Waals surface area contributed by atoms with E-state index in [0.717, 1.165) is 22.9 Å². The Bertz CT molecular complexity index is 562. The summed E-state index contributed by atoms with van der Waals surface area (Å²) in [6, 6.07) is 7.68. The van der Waals surface area contributed by atoms with Crippen LogP contribution in [-0.4, -0.2) is 14.9 Å². The highest BCUT2D eigenvalue weighted by Gasteiger charge is 2.38. The van der Waals surface area contributed by atoms with Gasteiger partial charge in [-0.25, -0.2) is 4.68 Å². The van der Waals surface area contributed by atoms with E-state index in [1.165, 1.54) is 0 Å². The summed E-state index contributed by atoms with van der Waals surface area (Å²) in [4.78, 5) is 0. The van der Waals surface area contributed by atoms with Crippen molar-refractivity contribution in [3.8, 4) is 0 Å². The molecule has 2 N–H and O–H groups in total. The van der Waals surface area contributed by atoms with Crippen molar-refractivity contribution >= 4 is 11.8 Å². The van der Waals surface area contributed by atoms with Crippen molar-refractivity contribution in [1.82, 2.24) is 14.9 Å². The number of halogens is 3. The molecule has 8 heteroatoms. The van der Waals surface area contributed by atoms with Crippen LogP contribution in [0.1, 0.15) is 17.0 Å². The first-order chi connectivity index (χ1) is 8.88. The summed E-state index contributed by atoms with van der Waals surface area (Å²) >= 11 is 1.11. The van der Waals surface area contributed by atoms with Crippen LogP contribution in [0.4, 0.5) is 13.2 Å². The van der Waals surface area contributed by atoms with E-state index in [4.69, 9.17) is 5.84 Å². The number of hydrogen-bond acceptors (Lipinski definition) is 4. The molecule has 0 atom stereocenters. The highest BCUT2D eigenvalue weighted by molar-refractivity contribution is 7.98. The number of nitrogen functional groups attached to an aromatic ring is 1. The van der Waals surface area contributed by atoms with Crippen LogP contribution in [0.2, 0.25) is 0 Å². The maximum Gasteiger partial charge on any atom is 0.453 e. The molecule has 1 heterocycles. The predicted octanol–water partition coefficient (Wildman–Crippen LogP) is 2.61. The van der Waals surface area contributed by atoms with Gasteiger partial charge < -0.3 is 5.84 Å². The smallest absolute Gasteiger partial charge is 0.335 e. The van der Waals surface area contributed by atoms with E-state index in [0.29, 0.717) is 10.4 Å². The number of alkyl halides is 3. The monoisotopic (exact) mass is 288 g/mol. The van der Waals surface area contributed by atoms with Gasteiger partial charge >= 0.3 is 6.18 Å². The zero-order valence-corrected chi connectivity index (χ0v) is 10.8. The van der Waals surface area contributed by atoms with E-state index in [1.807, 2.05) is 31.2 Å². The SMILES string of the molecule is Cc1ccc(CSc2nnc(C(F)(F)F)n2N)cc1. The molecule has 0 spiro atoms. The number of rotatable bonds is 3. The van der Waals surface area contributed by atoms with E-state index in [2.05, 4.69) is 10.2 Å². The van der Waals surface area contributed by atoms with Gasteiger partial charge in [-0.2, -0.15) is 13.2 Å². The van der Waals surface area contributed by atoms with Crippen LogP contribution >= 0.6 is 11.8 Å². The molecule has 0 aliphatic rings. The molecule has 102 valence electrons. The maximum absolute atomic E-state index is 12.5. The molecule has 0 bridgehead atoms. The molecule has 0 fully saturated rings. The van der Waals surface area contributed by atoms with Crippen LogP contribution in [0.15, 0.2) is 29.4 Å². The first kappa shape index (κ1) is 13.7. The van der Waals surface area contributed by atoms with Gasteiger partial charge in [-0.1, -0.05) is 41.6 Å². The predicted molar refractivity (Wildman–Crippen MR) is 65.9 cm³/mol. The van der Waals surface area contributed by atoms with Gasteiger partial charge in [0.15, 0.2) is 0 Å². The second-order valence-corrected chi connectivity index (χ2v) is 4.89. The van der Waals surface area contributed by atoms with Gasteiger partial charge in [-0.15, -0.1) is 10.2 Å². The molecular weight excluding hydrogens is 277 g/mol. The summed E-state index contributed by atoms with van der Waals surface area (Å²) in [6.45, 7) is 1.96. The normalized spacial score (nSPS) is 11.8. The van der Waals surface area contributed by atoms with Crippen molar-refractivity contribution in [2.45, 2.75) is 24.0 Å². The topological polar surface area (TPSA) is 56.7 Å². The molecule has 19 heavy (non-hydrogen) atoms. The van der Waals surface area contributed by atoms with Crippen LogP contribution in [0, 0.1) is 6.92 Å². The lowest BCUT2D eigenvalue weighted by molar-refractivity contribution is -0.146. The number of nitrogens with zero attached hydrogens (tertiary/aromatic N) is 3. The quantitative estimate of drug-likeness (QED) is 0.696. The largest absolute Gasteiger partial charge is 0.453 e. The van der Waals surface area contributed by atoms with Gasteiger partial charge in [0.2, 0.25) is 5.16 Å². The van der Waals surface area contributed by atoms with Crippen molar-refractivity contribution in [1.29, 1.82) is 0 Å². The highest BCUT2D eigenvalue weighted by atomic mass is 32.2. The Morgan fingerprint density at radius 2 is 1.84 bits per heavy atom. The molecule has 2 aromatic rings. The van der Waals surface area contributed by atoms with Crippen LogP contribution in [0.25, 0.3) is 0 Å².